The van der Waals surface area contributed by atoms with Crippen molar-refractivity contribution in [2.24, 2.45) is 0 Å². The van der Waals surface area contributed by atoms with Gasteiger partial charge in [-0.05, 0) is 37.8 Å². The summed E-state index contributed by atoms with van der Waals surface area (Å²) in [6.45, 7) is 5.58. The molecule has 2 atom stereocenters. The Morgan fingerprint density at radius 3 is 2.76 bits per heavy atom. The summed E-state index contributed by atoms with van der Waals surface area (Å²) >= 11 is 1.93. The molecule has 0 radical (unpaired) electrons. The van der Waals surface area contributed by atoms with Gasteiger partial charge in [-0.1, -0.05) is 44.2 Å². The zero-order valence-electron chi connectivity index (χ0n) is 12.9. The van der Waals surface area contributed by atoms with Crippen LogP contribution in [0.4, 0.5) is 0 Å². The minimum absolute atomic E-state index is 0.336. The van der Waals surface area contributed by atoms with Crippen LogP contribution in [-0.4, -0.2) is 11.5 Å². The molecule has 3 rings (SSSR count). The Balaban J connectivity index is 1.86. The molecule has 1 heterocycles. The minimum atomic E-state index is 0.336. The summed E-state index contributed by atoms with van der Waals surface area (Å²) in [6.07, 6.45) is 4.85. The highest BCUT2D eigenvalue weighted by atomic mass is 32.1. The van der Waals surface area contributed by atoms with Crippen molar-refractivity contribution >= 4 is 11.3 Å². The van der Waals surface area contributed by atoms with Crippen LogP contribution < -0.4 is 5.32 Å². The number of aryl methyl sites for hydroxylation is 2. The number of nitrogens with one attached hydrogen (secondary N) is 1. The molecule has 0 bridgehead atoms. The SMILES string of the molecule is CCCNC(c1nc2c(s1)CCC2)C(C)c1ccccc1. The number of aromatic nitrogens is 1. The number of rotatable bonds is 6. The summed E-state index contributed by atoms with van der Waals surface area (Å²) in [6, 6.07) is 11.1. The summed E-state index contributed by atoms with van der Waals surface area (Å²) in [5.74, 6) is 0.448. The molecule has 0 fully saturated rings. The predicted octanol–water partition coefficient (Wildman–Crippen LogP) is 4.48. The van der Waals surface area contributed by atoms with Crippen LogP contribution >= 0.6 is 11.3 Å². The highest BCUT2D eigenvalue weighted by Crippen LogP contribution is 2.36. The van der Waals surface area contributed by atoms with E-state index in [1.54, 1.807) is 0 Å². The summed E-state index contributed by atoms with van der Waals surface area (Å²) < 4.78 is 0. The van der Waals surface area contributed by atoms with Gasteiger partial charge >= 0.3 is 0 Å². The molecule has 1 aliphatic carbocycles. The molecule has 0 spiro atoms. The number of nitrogens with zero attached hydrogens (tertiary/aromatic N) is 1. The van der Waals surface area contributed by atoms with Crippen LogP contribution in [-0.2, 0) is 12.8 Å². The molecule has 1 aliphatic rings. The maximum atomic E-state index is 4.95. The smallest absolute Gasteiger partial charge is 0.111 e. The normalized spacial score (nSPS) is 16.7. The van der Waals surface area contributed by atoms with Crippen molar-refractivity contribution in [1.29, 1.82) is 0 Å². The van der Waals surface area contributed by atoms with E-state index in [9.17, 15) is 0 Å². The van der Waals surface area contributed by atoms with Gasteiger partial charge in [0, 0.05) is 10.8 Å². The van der Waals surface area contributed by atoms with E-state index < -0.39 is 0 Å². The number of benzene rings is 1. The van der Waals surface area contributed by atoms with Crippen molar-refractivity contribution < 1.29 is 0 Å². The lowest BCUT2D eigenvalue weighted by Crippen LogP contribution is -2.26. The first kappa shape index (κ1) is 14.7. The Morgan fingerprint density at radius 2 is 2.05 bits per heavy atom. The van der Waals surface area contributed by atoms with Crippen molar-refractivity contribution in [3.63, 3.8) is 0 Å². The monoisotopic (exact) mass is 300 g/mol. The van der Waals surface area contributed by atoms with Gasteiger partial charge < -0.3 is 5.32 Å². The summed E-state index contributed by atoms with van der Waals surface area (Å²) in [7, 11) is 0. The average Bonchev–Trinajstić information content (AvgIpc) is 3.10. The molecule has 112 valence electrons. The van der Waals surface area contributed by atoms with Crippen LogP contribution in [0.25, 0.3) is 0 Å². The second kappa shape index (κ2) is 6.71. The fraction of sp³-hybridized carbons (Fsp3) is 0.500. The second-order valence-corrected chi connectivity index (χ2v) is 7.02. The summed E-state index contributed by atoms with van der Waals surface area (Å²) in [5, 5.41) is 5.00. The van der Waals surface area contributed by atoms with E-state index >= 15 is 0 Å². The Bertz CT molecular complexity index is 555. The molecule has 0 amide bonds. The van der Waals surface area contributed by atoms with E-state index in [2.05, 4.69) is 49.5 Å². The Kier molecular flexibility index (Phi) is 4.71. The van der Waals surface area contributed by atoms with Crippen LogP contribution in [0.15, 0.2) is 30.3 Å². The average molecular weight is 300 g/mol. The van der Waals surface area contributed by atoms with E-state index in [0.717, 1.165) is 13.0 Å². The van der Waals surface area contributed by atoms with Crippen molar-refractivity contribution in [2.45, 2.75) is 51.5 Å². The second-order valence-electron chi connectivity index (χ2n) is 5.91. The zero-order chi connectivity index (χ0) is 14.7. The van der Waals surface area contributed by atoms with Crippen LogP contribution in [0, 0.1) is 0 Å². The maximum absolute atomic E-state index is 4.95. The topological polar surface area (TPSA) is 24.9 Å². The van der Waals surface area contributed by atoms with E-state index in [0.29, 0.717) is 12.0 Å². The molecule has 0 saturated heterocycles. The molecule has 2 nitrogen and oxygen atoms in total. The molecular formula is C18H24N2S. The lowest BCUT2D eigenvalue weighted by Gasteiger charge is -2.24. The van der Waals surface area contributed by atoms with Crippen LogP contribution in [0.2, 0.25) is 0 Å². The Hall–Kier alpha value is -1.19. The number of fused-ring (bicyclic) bond motifs is 1. The van der Waals surface area contributed by atoms with Crippen molar-refractivity contribution in [1.82, 2.24) is 10.3 Å². The number of hydrogen-bond acceptors (Lipinski definition) is 3. The molecular weight excluding hydrogens is 276 g/mol. The first-order chi connectivity index (χ1) is 10.3. The van der Waals surface area contributed by atoms with Gasteiger partial charge in [-0.2, -0.15) is 0 Å². The first-order valence-corrected chi connectivity index (χ1v) is 8.88. The molecule has 0 saturated carbocycles. The van der Waals surface area contributed by atoms with Crippen LogP contribution in [0.1, 0.15) is 59.8 Å². The molecule has 0 aliphatic heterocycles. The number of hydrogen-bond donors (Lipinski definition) is 1. The highest BCUT2D eigenvalue weighted by Gasteiger charge is 2.26. The van der Waals surface area contributed by atoms with Gasteiger partial charge in [0.2, 0.25) is 0 Å². The summed E-state index contributed by atoms with van der Waals surface area (Å²) in [5.41, 5.74) is 2.75. The lowest BCUT2D eigenvalue weighted by atomic mass is 9.93. The molecule has 21 heavy (non-hydrogen) atoms. The van der Waals surface area contributed by atoms with Crippen molar-refractivity contribution in [3.8, 4) is 0 Å². The van der Waals surface area contributed by atoms with Crippen molar-refractivity contribution in [3.05, 3.63) is 51.5 Å². The van der Waals surface area contributed by atoms with Gasteiger partial charge in [0.15, 0.2) is 0 Å². The van der Waals surface area contributed by atoms with Gasteiger partial charge in [-0.15, -0.1) is 11.3 Å². The third-order valence-corrected chi connectivity index (χ3v) is 5.56. The quantitative estimate of drug-likeness (QED) is 0.851. The number of thiazole rings is 1. The van der Waals surface area contributed by atoms with E-state index in [-0.39, 0.29) is 0 Å². The molecule has 2 aromatic rings. The van der Waals surface area contributed by atoms with Gasteiger partial charge in [0.25, 0.3) is 0 Å². The standard InChI is InChI=1S/C18H24N2S/c1-3-12-19-17(13(2)14-8-5-4-6-9-14)18-20-15-10-7-11-16(15)21-18/h4-6,8-9,13,17,19H,3,7,10-12H2,1-2H3. The lowest BCUT2D eigenvalue weighted by molar-refractivity contribution is 0.464. The highest BCUT2D eigenvalue weighted by molar-refractivity contribution is 7.11. The zero-order valence-corrected chi connectivity index (χ0v) is 13.7. The van der Waals surface area contributed by atoms with Crippen LogP contribution in [0.3, 0.4) is 0 Å². The Morgan fingerprint density at radius 1 is 1.24 bits per heavy atom. The van der Waals surface area contributed by atoms with Crippen LogP contribution in [0.5, 0.6) is 0 Å². The van der Waals surface area contributed by atoms with E-state index in [1.165, 1.54) is 40.4 Å². The third kappa shape index (κ3) is 3.19. The largest absolute Gasteiger partial charge is 0.307 e. The van der Waals surface area contributed by atoms with Crippen molar-refractivity contribution in [2.75, 3.05) is 6.54 Å². The Labute approximate surface area is 131 Å². The van der Waals surface area contributed by atoms with Gasteiger partial charge in [0.05, 0.1) is 11.7 Å². The molecule has 3 heteroatoms. The molecule has 1 N–H and O–H groups in total. The fourth-order valence-corrected chi connectivity index (χ4v) is 4.40. The van der Waals surface area contributed by atoms with Gasteiger partial charge in [0.1, 0.15) is 5.01 Å². The van der Waals surface area contributed by atoms with E-state index in [1.807, 2.05) is 11.3 Å². The molecule has 1 aromatic heterocycles. The minimum Gasteiger partial charge on any atom is -0.307 e. The fourth-order valence-electron chi connectivity index (χ4n) is 3.07. The van der Waals surface area contributed by atoms with Gasteiger partial charge in [-0.3, -0.25) is 0 Å². The third-order valence-electron chi connectivity index (χ3n) is 4.32. The molecule has 2 unspecified atom stereocenters. The maximum Gasteiger partial charge on any atom is 0.111 e. The van der Waals surface area contributed by atoms with E-state index in [4.69, 9.17) is 4.98 Å². The predicted molar refractivity (Wildman–Crippen MR) is 90.0 cm³/mol. The first-order valence-electron chi connectivity index (χ1n) is 8.06. The van der Waals surface area contributed by atoms with Gasteiger partial charge in [-0.25, -0.2) is 4.98 Å². The molecule has 1 aromatic carbocycles. The summed E-state index contributed by atoms with van der Waals surface area (Å²) in [4.78, 5) is 6.47.